The summed E-state index contributed by atoms with van der Waals surface area (Å²) in [5.74, 6) is 0.909. The number of nitrogens with zero attached hydrogens (tertiary/aromatic N) is 4. The minimum atomic E-state index is -0.733. The van der Waals surface area contributed by atoms with E-state index in [0.29, 0.717) is 0 Å². The quantitative estimate of drug-likeness (QED) is 0.235. The van der Waals surface area contributed by atoms with Crippen LogP contribution in [0.5, 0.6) is 5.75 Å². The van der Waals surface area contributed by atoms with Gasteiger partial charge in [0.2, 0.25) is 0 Å². The number of rotatable bonds is 10. The monoisotopic (exact) mass is 498 g/mol. The van der Waals surface area contributed by atoms with Gasteiger partial charge in [0.1, 0.15) is 16.6 Å². The Kier molecular flexibility index (Phi) is 7.13. The second-order valence-corrected chi connectivity index (χ2v) is 9.85. The van der Waals surface area contributed by atoms with Crippen molar-refractivity contribution in [1.29, 1.82) is 0 Å². The number of allylic oxidation sites excluding steroid dienone is 2. The SMILES string of the molecule is CCCCC1C(CC)=C(CC)C(CC)=C(CC)C1(Oc1cccc2n[nH]nc12)c1cccc2n[nH]nc12. The molecule has 2 N–H and O–H groups in total. The van der Waals surface area contributed by atoms with Crippen molar-refractivity contribution in [2.24, 2.45) is 5.92 Å². The maximum atomic E-state index is 7.45. The molecule has 0 spiro atoms. The number of para-hydroxylation sites is 2. The van der Waals surface area contributed by atoms with Gasteiger partial charge in [0.15, 0.2) is 16.9 Å². The van der Waals surface area contributed by atoms with E-state index in [1.807, 2.05) is 24.3 Å². The minimum Gasteiger partial charge on any atom is -0.475 e. The van der Waals surface area contributed by atoms with Gasteiger partial charge in [-0.3, -0.25) is 0 Å². The van der Waals surface area contributed by atoms with Gasteiger partial charge in [-0.25, -0.2) is 0 Å². The molecule has 1 aliphatic carbocycles. The lowest BCUT2D eigenvalue weighted by Gasteiger charge is -2.49. The van der Waals surface area contributed by atoms with Crippen molar-refractivity contribution in [1.82, 2.24) is 30.8 Å². The van der Waals surface area contributed by atoms with E-state index in [2.05, 4.69) is 77.6 Å². The van der Waals surface area contributed by atoms with Gasteiger partial charge in [0.25, 0.3) is 0 Å². The molecular formula is C30H38N6O. The lowest BCUT2D eigenvalue weighted by atomic mass is 9.61. The number of benzene rings is 2. The predicted octanol–water partition coefficient (Wildman–Crippen LogP) is 7.56. The van der Waals surface area contributed by atoms with Crippen LogP contribution in [0.4, 0.5) is 0 Å². The number of hydrogen-bond donors (Lipinski definition) is 2. The Bertz CT molecular complexity index is 1460. The maximum absolute atomic E-state index is 7.45. The van der Waals surface area contributed by atoms with Crippen LogP contribution in [0.3, 0.4) is 0 Å². The molecule has 0 saturated heterocycles. The standard InChI is InChI=1S/C30H38N6O/c1-6-11-14-23-21(9-4)19(7-2)20(8-3)22(10-5)30(23,24-15-12-16-25-28(24)33-35-31-25)37-27-18-13-17-26-29(27)34-36-32-26/h12-13,15-18,23H,6-11,14H2,1-5H3,(H,31,33,35)(H,32,34,36). The zero-order valence-electron chi connectivity index (χ0n) is 22.7. The molecular weight excluding hydrogens is 460 g/mol. The van der Waals surface area contributed by atoms with Gasteiger partial charge in [-0.15, -0.1) is 0 Å². The van der Waals surface area contributed by atoms with Gasteiger partial charge in [-0.05, 0) is 67.0 Å². The number of nitrogens with one attached hydrogen (secondary N) is 2. The molecule has 0 aliphatic heterocycles. The lowest BCUT2D eigenvalue weighted by Crippen LogP contribution is -2.47. The molecule has 2 aromatic heterocycles. The predicted molar refractivity (Wildman–Crippen MR) is 148 cm³/mol. The fourth-order valence-corrected chi connectivity index (χ4v) is 6.66. The van der Waals surface area contributed by atoms with Crippen LogP contribution in [0.2, 0.25) is 0 Å². The summed E-state index contributed by atoms with van der Waals surface area (Å²) in [7, 11) is 0. The Morgan fingerprint density at radius 2 is 1.43 bits per heavy atom. The lowest BCUT2D eigenvalue weighted by molar-refractivity contribution is 0.0440. The van der Waals surface area contributed by atoms with Crippen LogP contribution in [0.1, 0.15) is 85.1 Å². The van der Waals surface area contributed by atoms with Crippen LogP contribution in [-0.2, 0) is 5.60 Å². The van der Waals surface area contributed by atoms with Crippen molar-refractivity contribution in [3.8, 4) is 5.75 Å². The van der Waals surface area contributed by atoms with E-state index in [0.717, 1.165) is 78.3 Å². The summed E-state index contributed by atoms with van der Waals surface area (Å²) in [6.07, 6.45) is 7.15. The van der Waals surface area contributed by atoms with Crippen molar-refractivity contribution >= 4 is 22.1 Å². The largest absolute Gasteiger partial charge is 0.475 e. The molecule has 0 amide bonds. The summed E-state index contributed by atoms with van der Waals surface area (Å²) < 4.78 is 7.45. The summed E-state index contributed by atoms with van der Waals surface area (Å²) in [6, 6.07) is 12.3. The van der Waals surface area contributed by atoms with Crippen molar-refractivity contribution in [2.75, 3.05) is 0 Å². The van der Waals surface area contributed by atoms with Gasteiger partial charge in [-0.1, -0.05) is 71.2 Å². The molecule has 37 heavy (non-hydrogen) atoms. The molecule has 2 aromatic carbocycles. The number of ether oxygens (including phenoxy) is 1. The summed E-state index contributed by atoms with van der Waals surface area (Å²) in [5, 5.41) is 23.6. The number of hydrogen-bond acceptors (Lipinski definition) is 5. The first kappa shape index (κ1) is 25.2. The van der Waals surface area contributed by atoms with E-state index in [1.54, 1.807) is 0 Å². The van der Waals surface area contributed by atoms with E-state index in [4.69, 9.17) is 4.74 Å². The Balaban J connectivity index is 1.90. The Morgan fingerprint density at radius 3 is 2.08 bits per heavy atom. The molecule has 0 fully saturated rings. The van der Waals surface area contributed by atoms with E-state index >= 15 is 0 Å². The van der Waals surface area contributed by atoms with E-state index in [-0.39, 0.29) is 5.92 Å². The van der Waals surface area contributed by atoms with Crippen molar-refractivity contribution in [3.05, 3.63) is 64.3 Å². The zero-order chi connectivity index (χ0) is 26.0. The highest BCUT2D eigenvalue weighted by Gasteiger charge is 2.52. The molecule has 5 rings (SSSR count). The average molecular weight is 499 g/mol. The maximum Gasteiger partial charge on any atom is 0.164 e. The summed E-state index contributed by atoms with van der Waals surface area (Å²) in [4.78, 5) is 0. The van der Waals surface area contributed by atoms with Crippen LogP contribution in [0.25, 0.3) is 22.1 Å². The topological polar surface area (TPSA) is 92.4 Å². The van der Waals surface area contributed by atoms with Crippen molar-refractivity contribution < 1.29 is 4.74 Å². The number of aromatic amines is 2. The van der Waals surface area contributed by atoms with Crippen molar-refractivity contribution in [2.45, 2.75) is 85.2 Å². The van der Waals surface area contributed by atoms with E-state index in [9.17, 15) is 0 Å². The molecule has 7 nitrogen and oxygen atoms in total. The fourth-order valence-electron chi connectivity index (χ4n) is 6.66. The second-order valence-electron chi connectivity index (χ2n) is 9.85. The highest BCUT2D eigenvalue weighted by atomic mass is 16.5. The van der Waals surface area contributed by atoms with Gasteiger partial charge in [0, 0.05) is 11.5 Å². The van der Waals surface area contributed by atoms with Crippen LogP contribution in [0.15, 0.2) is 58.7 Å². The molecule has 0 bridgehead atoms. The minimum absolute atomic E-state index is 0.169. The van der Waals surface area contributed by atoms with Crippen LogP contribution >= 0.6 is 0 Å². The first-order valence-electron chi connectivity index (χ1n) is 13.9. The molecule has 2 heterocycles. The van der Waals surface area contributed by atoms with Crippen LogP contribution < -0.4 is 4.74 Å². The summed E-state index contributed by atoms with van der Waals surface area (Å²) in [6.45, 7) is 11.4. The van der Waals surface area contributed by atoms with E-state index in [1.165, 1.54) is 22.3 Å². The average Bonchev–Trinajstić information content (AvgIpc) is 3.61. The third kappa shape index (κ3) is 3.95. The van der Waals surface area contributed by atoms with Gasteiger partial charge in [0.05, 0.1) is 0 Å². The van der Waals surface area contributed by atoms with E-state index < -0.39 is 5.60 Å². The normalized spacial score (nSPS) is 20.4. The molecule has 7 heteroatoms. The van der Waals surface area contributed by atoms with Gasteiger partial charge in [-0.2, -0.15) is 30.8 Å². The molecule has 194 valence electrons. The summed E-state index contributed by atoms with van der Waals surface area (Å²) >= 11 is 0. The first-order valence-corrected chi connectivity index (χ1v) is 13.9. The molecule has 2 atom stereocenters. The molecule has 0 radical (unpaired) electrons. The number of fused-ring (bicyclic) bond motifs is 2. The molecule has 2 unspecified atom stereocenters. The highest BCUT2D eigenvalue weighted by Crippen LogP contribution is 2.56. The summed E-state index contributed by atoms with van der Waals surface area (Å²) in [5.41, 5.74) is 9.42. The number of unbranched alkanes of at least 4 members (excludes halogenated alkanes) is 1. The Hall–Kier alpha value is -3.48. The third-order valence-corrected chi connectivity index (χ3v) is 8.09. The van der Waals surface area contributed by atoms with Crippen LogP contribution in [0, 0.1) is 5.92 Å². The van der Waals surface area contributed by atoms with Gasteiger partial charge < -0.3 is 4.74 Å². The number of H-pyrrole nitrogens is 2. The number of aromatic nitrogens is 6. The smallest absolute Gasteiger partial charge is 0.164 e. The Morgan fingerprint density at radius 1 is 0.757 bits per heavy atom. The zero-order valence-corrected chi connectivity index (χ0v) is 22.7. The first-order chi connectivity index (χ1) is 18.1. The molecule has 1 aliphatic rings. The highest BCUT2D eigenvalue weighted by molar-refractivity contribution is 5.82. The van der Waals surface area contributed by atoms with Gasteiger partial charge >= 0.3 is 0 Å². The van der Waals surface area contributed by atoms with Crippen molar-refractivity contribution in [3.63, 3.8) is 0 Å². The Labute approximate surface area is 218 Å². The second kappa shape index (κ2) is 10.5. The third-order valence-electron chi connectivity index (χ3n) is 8.09. The molecule has 4 aromatic rings. The fraction of sp³-hybridized carbons (Fsp3) is 0.467. The molecule has 0 saturated carbocycles. The van der Waals surface area contributed by atoms with Crippen LogP contribution in [-0.4, -0.2) is 30.8 Å².